The van der Waals surface area contributed by atoms with Crippen LogP contribution in [0.25, 0.3) is 0 Å². The Labute approximate surface area is 98.0 Å². The van der Waals surface area contributed by atoms with Crippen LogP contribution in [0.4, 0.5) is 0 Å². The molecule has 1 heterocycles. The molecule has 2 rings (SSSR count). The van der Waals surface area contributed by atoms with Crippen molar-refractivity contribution < 1.29 is 4.74 Å². The zero-order chi connectivity index (χ0) is 9.97. The first-order valence-electron chi connectivity index (χ1n) is 5.03. The molecule has 0 radical (unpaired) electrons. The van der Waals surface area contributed by atoms with Crippen molar-refractivity contribution in [2.45, 2.75) is 37.8 Å². The zero-order valence-electron chi connectivity index (χ0n) is 8.32. The second-order valence-corrected chi connectivity index (χ2v) is 4.89. The summed E-state index contributed by atoms with van der Waals surface area (Å²) in [5.74, 6) is 0. The molecule has 1 fully saturated rings. The monoisotopic (exact) mass is 306 g/mol. The predicted octanol–water partition coefficient (Wildman–Crippen LogP) is 2.62. The highest BCUT2D eigenvalue weighted by Crippen LogP contribution is 2.29. The fourth-order valence-corrected chi connectivity index (χ4v) is 2.47. The standard InChI is InChI=1S/C10H15IN2O/c1-14-9-4-2-8(3-5-9)13-7-6-10(11)12-13/h6-9H,2-5H2,1H3. The molecule has 14 heavy (non-hydrogen) atoms. The maximum atomic E-state index is 5.35. The first-order chi connectivity index (χ1) is 6.79. The lowest BCUT2D eigenvalue weighted by molar-refractivity contribution is 0.0568. The minimum atomic E-state index is 0.473. The highest BCUT2D eigenvalue weighted by Gasteiger charge is 2.22. The molecule has 78 valence electrons. The molecule has 0 aliphatic heterocycles. The van der Waals surface area contributed by atoms with Crippen LogP contribution in [0.5, 0.6) is 0 Å². The third-order valence-corrected chi connectivity index (χ3v) is 3.50. The van der Waals surface area contributed by atoms with E-state index in [1.807, 2.05) is 7.11 Å². The fraction of sp³-hybridized carbons (Fsp3) is 0.700. The maximum Gasteiger partial charge on any atom is 0.123 e. The molecule has 3 nitrogen and oxygen atoms in total. The van der Waals surface area contributed by atoms with E-state index < -0.39 is 0 Å². The van der Waals surface area contributed by atoms with Crippen LogP contribution in [-0.2, 0) is 4.74 Å². The van der Waals surface area contributed by atoms with Gasteiger partial charge in [-0.3, -0.25) is 4.68 Å². The van der Waals surface area contributed by atoms with Gasteiger partial charge in [0, 0.05) is 13.3 Å². The maximum absolute atomic E-state index is 5.35. The Hall–Kier alpha value is -0.100. The number of aromatic nitrogens is 2. The molecular weight excluding hydrogens is 291 g/mol. The fourth-order valence-electron chi connectivity index (χ4n) is 2.06. The van der Waals surface area contributed by atoms with Crippen molar-refractivity contribution in [1.29, 1.82) is 0 Å². The Kier molecular flexibility index (Phi) is 3.43. The van der Waals surface area contributed by atoms with Crippen LogP contribution in [0.2, 0.25) is 0 Å². The Morgan fingerprint density at radius 1 is 1.43 bits per heavy atom. The van der Waals surface area contributed by atoms with Gasteiger partial charge in [-0.25, -0.2) is 0 Å². The van der Waals surface area contributed by atoms with Gasteiger partial charge in [0.2, 0.25) is 0 Å². The molecule has 0 N–H and O–H groups in total. The summed E-state index contributed by atoms with van der Waals surface area (Å²) in [7, 11) is 1.81. The number of hydrogen-bond donors (Lipinski definition) is 0. The lowest BCUT2D eigenvalue weighted by Gasteiger charge is -2.27. The molecule has 1 aromatic rings. The molecule has 0 bridgehead atoms. The van der Waals surface area contributed by atoms with Crippen LogP contribution in [-0.4, -0.2) is 23.0 Å². The van der Waals surface area contributed by atoms with Crippen molar-refractivity contribution in [3.63, 3.8) is 0 Å². The number of methoxy groups -OCH3 is 1. The van der Waals surface area contributed by atoms with Gasteiger partial charge >= 0.3 is 0 Å². The summed E-state index contributed by atoms with van der Waals surface area (Å²) >= 11 is 2.25. The second-order valence-electron chi connectivity index (χ2n) is 3.78. The largest absolute Gasteiger partial charge is 0.381 e. The summed E-state index contributed by atoms with van der Waals surface area (Å²) < 4.78 is 8.53. The highest BCUT2D eigenvalue weighted by molar-refractivity contribution is 14.1. The SMILES string of the molecule is COC1CCC(n2ccc(I)n2)CC1. The second kappa shape index (κ2) is 4.61. The molecule has 0 aromatic carbocycles. The van der Waals surface area contributed by atoms with Gasteiger partial charge in [-0.2, -0.15) is 5.10 Å². The van der Waals surface area contributed by atoms with Gasteiger partial charge in [-0.15, -0.1) is 0 Å². The summed E-state index contributed by atoms with van der Waals surface area (Å²) in [5, 5.41) is 4.45. The number of rotatable bonds is 2. The van der Waals surface area contributed by atoms with Crippen molar-refractivity contribution >= 4 is 22.6 Å². The number of hydrogen-bond acceptors (Lipinski definition) is 2. The molecule has 0 saturated heterocycles. The van der Waals surface area contributed by atoms with Crippen molar-refractivity contribution in [3.8, 4) is 0 Å². The smallest absolute Gasteiger partial charge is 0.123 e. The summed E-state index contributed by atoms with van der Waals surface area (Å²) in [6, 6.07) is 2.65. The van der Waals surface area contributed by atoms with Gasteiger partial charge < -0.3 is 4.74 Å². The van der Waals surface area contributed by atoms with E-state index in [0.717, 1.165) is 16.5 Å². The highest BCUT2D eigenvalue weighted by atomic mass is 127. The first kappa shape index (κ1) is 10.4. The summed E-state index contributed by atoms with van der Waals surface area (Å²) in [6.45, 7) is 0. The summed E-state index contributed by atoms with van der Waals surface area (Å²) in [4.78, 5) is 0. The molecule has 1 aromatic heterocycles. The Bertz CT molecular complexity index is 292. The lowest BCUT2D eigenvalue weighted by Crippen LogP contribution is -2.22. The van der Waals surface area contributed by atoms with E-state index in [2.05, 4.69) is 44.6 Å². The Balaban J connectivity index is 1.95. The topological polar surface area (TPSA) is 27.1 Å². The van der Waals surface area contributed by atoms with Crippen LogP contribution >= 0.6 is 22.6 Å². The number of ether oxygens (including phenoxy) is 1. The van der Waals surface area contributed by atoms with Gasteiger partial charge in [-0.1, -0.05) is 0 Å². The Morgan fingerprint density at radius 2 is 2.14 bits per heavy atom. The molecule has 0 atom stereocenters. The predicted molar refractivity (Wildman–Crippen MR) is 63.2 cm³/mol. The van der Waals surface area contributed by atoms with E-state index in [0.29, 0.717) is 12.1 Å². The van der Waals surface area contributed by atoms with Crippen molar-refractivity contribution in [2.75, 3.05) is 7.11 Å². The average molecular weight is 306 g/mol. The normalized spacial score (nSPS) is 27.9. The summed E-state index contributed by atoms with van der Waals surface area (Å²) in [5.41, 5.74) is 0. The lowest BCUT2D eigenvalue weighted by atomic mass is 9.93. The molecule has 1 saturated carbocycles. The quantitative estimate of drug-likeness (QED) is 0.785. The van der Waals surface area contributed by atoms with Crippen LogP contribution in [0.3, 0.4) is 0 Å². The molecular formula is C10H15IN2O. The van der Waals surface area contributed by atoms with E-state index in [1.54, 1.807) is 0 Å². The third kappa shape index (κ3) is 2.28. The van der Waals surface area contributed by atoms with Crippen molar-refractivity contribution in [1.82, 2.24) is 9.78 Å². The molecule has 1 aliphatic rings. The summed E-state index contributed by atoms with van der Waals surface area (Å²) in [6.07, 6.45) is 7.27. The van der Waals surface area contributed by atoms with Gasteiger partial charge in [0.25, 0.3) is 0 Å². The molecule has 0 spiro atoms. The van der Waals surface area contributed by atoms with Crippen LogP contribution < -0.4 is 0 Å². The zero-order valence-corrected chi connectivity index (χ0v) is 10.5. The van der Waals surface area contributed by atoms with Crippen LogP contribution in [0.1, 0.15) is 31.7 Å². The van der Waals surface area contributed by atoms with Gasteiger partial charge in [0.15, 0.2) is 0 Å². The molecule has 4 heteroatoms. The van der Waals surface area contributed by atoms with E-state index in [4.69, 9.17) is 4.74 Å². The third-order valence-electron chi connectivity index (χ3n) is 2.93. The van der Waals surface area contributed by atoms with Gasteiger partial charge in [0.05, 0.1) is 12.1 Å². The van der Waals surface area contributed by atoms with E-state index in [1.165, 1.54) is 12.8 Å². The average Bonchev–Trinajstić information content (AvgIpc) is 2.65. The molecule has 0 unspecified atom stereocenters. The Morgan fingerprint density at radius 3 is 2.64 bits per heavy atom. The van der Waals surface area contributed by atoms with Crippen molar-refractivity contribution in [3.05, 3.63) is 16.0 Å². The van der Waals surface area contributed by atoms with Gasteiger partial charge in [-0.05, 0) is 54.3 Å². The van der Waals surface area contributed by atoms with E-state index >= 15 is 0 Å². The van der Waals surface area contributed by atoms with Crippen LogP contribution in [0.15, 0.2) is 12.3 Å². The van der Waals surface area contributed by atoms with Crippen LogP contribution in [0, 0.1) is 3.70 Å². The van der Waals surface area contributed by atoms with E-state index in [9.17, 15) is 0 Å². The minimum absolute atomic E-state index is 0.473. The number of halogens is 1. The number of nitrogens with zero attached hydrogens (tertiary/aromatic N) is 2. The van der Waals surface area contributed by atoms with E-state index in [-0.39, 0.29) is 0 Å². The van der Waals surface area contributed by atoms with Gasteiger partial charge in [0.1, 0.15) is 3.70 Å². The van der Waals surface area contributed by atoms with Crippen molar-refractivity contribution in [2.24, 2.45) is 0 Å². The minimum Gasteiger partial charge on any atom is -0.381 e. The first-order valence-corrected chi connectivity index (χ1v) is 6.11. The molecule has 1 aliphatic carbocycles. The molecule has 0 amide bonds.